The quantitative estimate of drug-likeness (QED) is 0.311. The lowest BCUT2D eigenvalue weighted by atomic mass is 10.1. The van der Waals surface area contributed by atoms with Gasteiger partial charge in [-0.15, -0.1) is 0 Å². The fourth-order valence-electron chi connectivity index (χ4n) is 4.83. The van der Waals surface area contributed by atoms with E-state index in [9.17, 15) is 4.79 Å². The number of rotatable bonds is 8. The highest BCUT2D eigenvalue weighted by Gasteiger charge is 2.22. The zero-order valence-corrected chi connectivity index (χ0v) is 21.9. The van der Waals surface area contributed by atoms with E-state index in [0.29, 0.717) is 30.4 Å². The fraction of sp³-hybridized carbons (Fsp3) is 0.300. The molecule has 0 atom stereocenters. The smallest absolute Gasteiger partial charge is 0.224 e. The average molecular weight is 514 g/mol. The first-order valence-corrected chi connectivity index (χ1v) is 13.3. The molecule has 1 aromatic heterocycles. The van der Waals surface area contributed by atoms with Crippen molar-refractivity contribution in [3.63, 3.8) is 0 Å². The molecule has 0 spiro atoms. The number of anilines is 1. The third-order valence-corrected chi connectivity index (χ3v) is 7.31. The number of fused-ring (bicyclic) bond motifs is 1. The van der Waals surface area contributed by atoms with Crippen LogP contribution in [0.3, 0.4) is 0 Å². The van der Waals surface area contributed by atoms with Crippen LogP contribution in [0.25, 0.3) is 22.3 Å². The van der Waals surface area contributed by atoms with E-state index < -0.39 is 0 Å². The van der Waals surface area contributed by atoms with Crippen molar-refractivity contribution in [2.45, 2.75) is 19.9 Å². The lowest BCUT2D eigenvalue weighted by molar-refractivity contribution is -0.132. The highest BCUT2D eigenvalue weighted by molar-refractivity contribution is 6.33. The Hall–Kier alpha value is -3.48. The van der Waals surface area contributed by atoms with E-state index in [1.165, 1.54) is 0 Å². The molecular formula is C30H32ClN5O. The van der Waals surface area contributed by atoms with Crippen molar-refractivity contribution >= 4 is 34.2 Å². The zero-order chi connectivity index (χ0) is 25.6. The summed E-state index contributed by atoms with van der Waals surface area (Å²) in [4.78, 5) is 29.7. The van der Waals surface area contributed by atoms with Gasteiger partial charge in [-0.3, -0.25) is 4.79 Å². The Labute approximate surface area is 223 Å². The molecule has 190 valence electrons. The van der Waals surface area contributed by atoms with Gasteiger partial charge in [0.05, 0.1) is 10.5 Å². The number of para-hydroxylation sites is 1. The average Bonchev–Trinajstić information content (AvgIpc) is 2.95. The van der Waals surface area contributed by atoms with Crippen molar-refractivity contribution in [1.82, 2.24) is 19.8 Å². The van der Waals surface area contributed by atoms with Gasteiger partial charge in [0.1, 0.15) is 5.82 Å². The van der Waals surface area contributed by atoms with Crippen LogP contribution >= 0.6 is 11.6 Å². The number of likely N-dealkylation sites (N-methyl/N-ethyl adjacent to an activating group) is 1. The van der Waals surface area contributed by atoms with Crippen LogP contribution in [0.1, 0.15) is 18.9 Å². The molecule has 1 fully saturated rings. The Balaban J connectivity index is 1.48. The van der Waals surface area contributed by atoms with Gasteiger partial charge in [0.25, 0.3) is 0 Å². The van der Waals surface area contributed by atoms with Gasteiger partial charge in [-0.1, -0.05) is 73.1 Å². The first-order chi connectivity index (χ1) is 18.1. The molecule has 0 radical (unpaired) electrons. The van der Waals surface area contributed by atoms with E-state index >= 15 is 0 Å². The molecule has 1 aliphatic rings. The number of carbonyl (C=O) groups excluding carboxylic acids is 1. The van der Waals surface area contributed by atoms with E-state index in [2.05, 4.69) is 28.9 Å². The zero-order valence-electron chi connectivity index (χ0n) is 21.2. The van der Waals surface area contributed by atoms with Crippen molar-refractivity contribution < 1.29 is 4.79 Å². The summed E-state index contributed by atoms with van der Waals surface area (Å²) in [5, 5.41) is 1.57. The van der Waals surface area contributed by atoms with Gasteiger partial charge in [0, 0.05) is 56.6 Å². The van der Waals surface area contributed by atoms with Gasteiger partial charge in [0.2, 0.25) is 5.91 Å². The number of hydrogen-bond acceptors (Lipinski definition) is 5. The first-order valence-electron chi connectivity index (χ1n) is 12.9. The fourth-order valence-corrected chi connectivity index (χ4v) is 5.05. The molecule has 1 amide bonds. The molecular weight excluding hydrogens is 482 g/mol. The van der Waals surface area contributed by atoms with Crippen molar-refractivity contribution in [2.24, 2.45) is 0 Å². The normalized spacial score (nSPS) is 14.2. The number of benzene rings is 3. The lowest BCUT2D eigenvalue weighted by Gasteiger charge is -2.34. The summed E-state index contributed by atoms with van der Waals surface area (Å²) in [5.41, 5.74) is 2.80. The second-order valence-corrected chi connectivity index (χ2v) is 9.75. The summed E-state index contributed by atoms with van der Waals surface area (Å²) >= 11 is 6.53. The number of amides is 1. The van der Waals surface area contributed by atoms with E-state index in [-0.39, 0.29) is 5.91 Å². The first kappa shape index (κ1) is 25.2. The Bertz CT molecular complexity index is 1350. The second kappa shape index (κ2) is 11.7. The third-order valence-electron chi connectivity index (χ3n) is 6.98. The standard InChI is InChI=1S/C30H32ClN5O/c1-2-34-18-20-35(21-19-34)28(37)16-17-36(22-23-10-4-3-5-11-23)30-25-13-7-9-15-27(25)32-29(33-30)24-12-6-8-14-26(24)31/h3-15H,2,16-22H2,1H3. The topological polar surface area (TPSA) is 52.6 Å². The van der Waals surface area contributed by atoms with Gasteiger partial charge in [-0.2, -0.15) is 0 Å². The van der Waals surface area contributed by atoms with Crippen LogP contribution in [0.4, 0.5) is 5.82 Å². The van der Waals surface area contributed by atoms with Crippen LogP contribution in [-0.2, 0) is 11.3 Å². The number of piperazine rings is 1. The molecule has 6 nitrogen and oxygen atoms in total. The number of nitrogens with zero attached hydrogens (tertiary/aromatic N) is 5. The predicted octanol–water partition coefficient (Wildman–Crippen LogP) is 5.51. The second-order valence-electron chi connectivity index (χ2n) is 9.34. The van der Waals surface area contributed by atoms with Crippen molar-refractivity contribution in [3.05, 3.63) is 89.4 Å². The van der Waals surface area contributed by atoms with Crippen LogP contribution in [0.15, 0.2) is 78.9 Å². The van der Waals surface area contributed by atoms with Gasteiger partial charge in [-0.25, -0.2) is 9.97 Å². The van der Waals surface area contributed by atoms with E-state index in [1.54, 1.807) is 0 Å². The third kappa shape index (κ3) is 5.92. The molecule has 0 saturated carbocycles. The van der Waals surface area contributed by atoms with Crippen molar-refractivity contribution in [1.29, 1.82) is 0 Å². The molecule has 1 saturated heterocycles. The predicted molar refractivity (Wildman–Crippen MR) is 151 cm³/mol. The SMILES string of the molecule is CCN1CCN(C(=O)CCN(Cc2ccccc2)c2nc(-c3ccccc3Cl)nc3ccccc23)CC1. The van der Waals surface area contributed by atoms with Gasteiger partial charge in [-0.05, 0) is 36.4 Å². The maximum absolute atomic E-state index is 13.2. The van der Waals surface area contributed by atoms with Crippen LogP contribution in [0, 0.1) is 0 Å². The summed E-state index contributed by atoms with van der Waals surface area (Å²) in [6.45, 7) is 7.85. The number of hydrogen-bond donors (Lipinski definition) is 0. The van der Waals surface area contributed by atoms with E-state index in [0.717, 1.165) is 60.6 Å². The van der Waals surface area contributed by atoms with Crippen LogP contribution in [-0.4, -0.2) is 64.9 Å². The van der Waals surface area contributed by atoms with Crippen molar-refractivity contribution in [2.75, 3.05) is 44.2 Å². The summed E-state index contributed by atoms with van der Waals surface area (Å²) < 4.78 is 0. The minimum absolute atomic E-state index is 0.193. The highest BCUT2D eigenvalue weighted by Crippen LogP contribution is 2.31. The van der Waals surface area contributed by atoms with Crippen LogP contribution in [0.2, 0.25) is 5.02 Å². The molecule has 2 heterocycles. The molecule has 5 rings (SSSR count). The van der Waals surface area contributed by atoms with Crippen molar-refractivity contribution in [3.8, 4) is 11.4 Å². The molecule has 0 unspecified atom stereocenters. The van der Waals surface area contributed by atoms with E-state index in [1.807, 2.05) is 71.6 Å². The van der Waals surface area contributed by atoms with Gasteiger partial charge in [0.15, 0.2) is 5.82 Å². The molecule has 4 aromatic rings. The lowest BCUT2D eigenvalue weighted by Crippen LogP contribution is -2.49. The van der Waals surface area contributed by atoms with E-state index in [4.69, 9.17) is 21.6 Å². The van der Waals surface area contributed by atoms with Gasteiger partial charge >= 0.3 is 0 Å². The summed E-state index contributed by atoms with van der Waals surface area (Å²) in [5.74, 6) is 1.59. The monoisotopic (exact) mass is 513 g/mol. The molecule has 0 bridgehead atoms. The molecule has 3 aromatic carbocycles. The minimum atomic E-state index is 0.193. The molecule has 1 aliphatic heterocycles. The minimum Gasteiger partial charge on any atom is -0.351 e. The van der Waals surface area contributed by atoms with Gasteiger partial charge < -0.3 is 14.7 Å². The number of aromatic nitrogens is 2. The molecule has 37 heavy (non-hydrogen) atoms. The Morgan fingerprint density at radius 1 is 0.892 bits per heavy atom. The maximum Gasteiger partial charge on any atom is 0.224 e. The molecule has 7 heteroatoms. The number of carbonyl (C=O) groups is 1. The molecule has 0 N–H and O–H groups in total. The van der Waals surface area contributed by atoms with Crippen LogP contribution in [0.5, 0.6) is 0 Å². The Morgan fingerprint density at radius 2 is 1.59 bits per heavy atom. The number of halogens is 1. The summed E-state index contributed by atoms with van der Waals surface area (Å²) in [6.07, 6.45) is 0.429. The Morgan fingerprint density at radius 3 is 2.35 bits per heavy atom. The Kier molecular flexibility index (Phi) is 7.97. The maximum atomic E-state index is 13.2. The molecule has 0 aliphatic carbocycles. The summed E-state index contributed by atoms with van der Waals surface area (Å²) in [7, 11) is 0. The largest absolute Gasteiger partial charge is 0.351 e. The summed E-state index contributed by atoms with van der Waals surface area (Å²) in [6, 6.07) is 26.0. The highest BCUT2D eigenvalue weighted by atomic mass is 35.5. The van der Waals surface area contributed by atoms with Crippen LogP contribution < -0.4 is 4.90 Å².